The number of sulfonamides is 1. The molecule has 1 aliphatic rings. The molecule has 11 heteroatoms. The molecule has 1 saturated heterocycles. The maximum Gasteiger partial charge on any atom is 0.416 e. The zero-order chi connectivity index (χ0) is 19.8. The largest absolute Gasteiger partial charge is 0.472 e. The minimum absolute atomic E-state index is 0.128. The number of ether oxygens (including phenoxy) is 1. The first-order valence-corrected chi connectivity index (χ1v) is 9.27. The third-order valence-electron chi connectivity index (χ3n) is 3.90. The molecule has 0 radical (unpaired) electrons. The van der Waals surface area contributed by atoms with Crippen LogP contribution in [0.15, 0.2) is 36.5 Å². The van der Waals surface area contributed by atoms with Crippen LogP contribution in [0.5, 0.6) is 5.88 Å². The molecule has 5 nitrogen and oxygen atoms in total. The summed E-state index contributed by atoms with van der Waals surface area (Å²) < 4.78 is 95.5. The van der Waals surface area contributed by atoms with Crippen molar-refractivity contribution in [1.29, 1.82) is 0 Å². The molecule has 0 atom stereocenters. The van der Waals surface area contributed by atoms with Crippen molar-refractivity contribution in [3.8, 4) is 5.88 Å². The Kier molecular flexibility index (Phi) is 5.08. The smallest absolute Gasteiger partial charge is 0.416 e. The topological polar surface area (TPSA) is 59.5 Å². The zero-order valence-corrected chi connectivity index (χ0v) is 14.4. The highest BCUT2D eigenvalue weighted by molar-refractivity contribution is 7.88. The van der Waals surface area contributed by atoms with Crippen molar-refractivity contribution in [3.63, 3.8) is 0 Å². The lowest BCUT2D eigenvalue weighted by molar-refractivity contribution is -0.137. The first-order valence-electron chi connectivity index (χ1n) is 7.66. The van der Waals surface area contributed by atoms with Gasteiger partial charge in [0.15, 0.2) is 0 Å². The average Bonchev–Trinajstić information content (AvgIpc) is 2.53. The van der Waals surface area contributed by atoms with Crippen LogP contribution in [0.1, 0.15) is 11.1 Å². The summed E-state index contributed by atoms with van der Waals surface area (Å²) >= 11 is 0. The Morgan fingerprint density at radius 2 is 1.85 bits per heavy atom. The highest BCUT2D eigenvalue weighted by Gasteiger charge is 2.38. The van der Waals surface area contributed by atoms with Crippen molar-refractivity contribution >= 4 is 10.0 Å². The van der Waals surface area contributed by atoms with E-state index in [-0.39, 0.29) is 24.5 Å². The molecule has 2 aromatic rings. The summed E-state index contributed by atoms with van der Waals surface area (Å²) in [6, 6.07) is 4.02. The van der Waals surface area contributed by atoms with Crippen LogP contribution in [-0.4, -0.2) is 36.9 Å². The minimum Gasteiger partial charge on any atom is -0.472 e. The van der Waals surface area contributed by atoms with Gasteiger partial charge in [-0.1, -0.05) is 0 Å². The zero-order valence-electron chi connectivity index (χ0n) is 13.6. The third-order valence-corrected chi connectivity index (χ3v) is 5.66. The Bertz CT molecular complexity index is 943. The molecular weight excluding hydrogens is 395 g/mol. The summed E-state index contributed by atoms with van der Waals surface area (Å²) in [6.07, 6.45) is -4.29. The quantitative estimate of drug-likeness (QED) is 0.714. The van der Waals surface area contributed by atoms with Gasteiger partial charge in [-0.2, -0.15) is 17.5 Å². The van der Waals surface area contributed by atoms with E-state index in [0.717, 1.165) is 40.8 Å². The molecule has 0 aliphatic carbocycles. The van der Waals surface area contributed by atoms with Gasteiger partial charge < -0.3 is 4.74 Å². The van der Waals surface area contributed by atoms with E-state index in [1.807, 2.05) is 0 Å². The maximum absolute atomic E-state index is 13.6. The fourth-order valence-corrected chi connectivity index (χ4v) is 4.05. The predicted octanol–water partition coefficient (Wildman–Crippen LogP) is 2.97. The molecule has 0 N–H and O–H groups in total. The summed E-state index contributed by atoms with van der Waals surface area (Å²) in [5, 5.41) is 0. The first-order chi connectivity index (χ1) is 12.5. The molecule has 1 aromatic carbocycles. The van der Waals surface area contributed by atoms with Gasteiger partial charge in [0.05, 0.1) is 24.4 Å². The molecule has 0 unspecified atom stereocenters. The van der Waals surface area contributed by atoms with Crippen molar-refractivity contribution in [3.05, 3.63) is 59.3 Å². The minimum atomic E-state index is -4.55. The highest BCUT2D eigenvalue weighted by Crippen LogP contribution is 2.31. The number of hydrogen-bond donors (Lipinski definition) is 0. The van der Waals surface area contributed by atoms with Crippen LogP contribution in [-0.2, 0) is 22.0 Å². The van der Waals surface area contributed by atoms with Crippen molar-refractivity contribution in [2.75, 3.05) is 13.1 Å². The monoisotopic (exact) mass is 408 g/mol. The Labute approximate surface area is 151 Å². The van der Waals surface area contributed by atoms with Gasteiger partial charge in [-0.15, -0.1) is 0 Å². The second kappa shape index (κ2) is 7.04. The molecule has 27 heavy (non-hydrogen) atoms. The lowest BCUT2D eigenvalue weighted by Gasteiger charge is -2.37. The van der Waals surface area contributed by atoms with Crippen molar-refractivity contribution < 1.29 is 35.1 Å². The van der Waals surface area contributed by atoms with Crippen LogP contribution in [0.25, 0.3) is 0 Å². The Morgan fingerprint density at radius 3 is 2.52 bits per heavy atom. The highest BCUT2D eigenvalue weighted by atomic mass is 32.2. The van der Waals surface area contributed by atoms with Gasteiger partial charge in [0.2, 0.25) is 15.9 Å². The maximum atomic E-state index is 13.6. The van der Waals surface area contributed by atoms with Gasteiger partial charge in [0.25, 0.3) is 0 Å². The Morgan fingerprint density at radius 1 is 1.15 bits per heavy atom. The van der Waals surface area contributed by atoms with E-state index in [4.69, 9.17) is 4.74 Å². The van der Waals surface area contributed by atoms with Gasteiger partial charge in [-0.25, -0.2) is 22.2 Å². The fourth-order valence-electron chi connectivity index (χ4n) is 2.47. The molecule has 1 aromatic heterocycles. The molecule has 146 valence electrons. The van der Waals surface area contributed by atoms with E-state index in [1.165, 1.54) is 0 Å². The van der Waals surface area contributed by atoms with Crippen LogP contribution < -0.4 is 4.74 Å². The number of rotatable bonds is 5. The van der Waals surface area contributed by atoms with E-state index in [0.29, 0.717) is 0 Å². The van der Waals surface area contributed by atoms with Gasteiger partial charge >= 0.3 is 6.18 Å². The Balaban J connectivity index is 1.61. The molecule has 3 rings (SSSR count). The summed E-state index contributed by atoms with van der Waals surface area (Å²) in [6.45, 7) is -0.256. The van der Waals surface area contributed by atoms with E-state index in [2.05, 4.69) is 4.98 Å². The molecule has 0 bridgehead atoms. The Hall–Kier alpha value is -2.27. The summed E-state index contributed by atoms with van der Waals surface area (Å²) in [7, 11) is -3.93. The normalized spacial score (nSPS) is 16.2. The van der Waals surface area contributed by atoms with E-state index >= 15 is 0 Å². The number of benzene rings is 1. The predicted molar refractivity (Wildman–Crippen MR) is 84.2 cm³/mol. The van der Waals surface area contributed by atoms with Gasteiger partial charge in [0.1, 0.15) is 17.7 Å². The van der Waals surface area contributed by atoms with E-state index < -0.39 is 45.3 Å². The molecule has 2 heterocycles. The average molecular weight is 408 g/mol. The SMILES string of the molecule is O=S(=O)(Cc1cc(F)ccc1F)N1CC(Oc2cc(C(F)(F)F)ccn2)C1. The molecule has 1 fully saturated rings. The van der Waals surface area contributed by atoms with Crippen LogP contribution in [0.2, 0.25) is 0 Å². The fraction of sp³-hybridized carbons (Fsp3) is 0.312. The first kappa shape index (κ1) is 19.5. The third kappa shape index (κ3) is 4.53. The molecule has 0 spiro atoms. The van der Waals surface area contributed by atoms with Gasteiger partial charge in [0, 0.05) is 17.8 Å². The van der Waals surface area contributed by atoms with Crippen LogP contribution >= 0.6 is 0 Å². The standard InChI is InChI=1S/C16H13F5N2O3S/c17-12-1-2-14(18)10(5-12)9-27(24,25)23-7-13(8-23)26-15-6-11(3-4-22-15)16(19,20)21/h1-6,13H,7-9H2. The van der Waals surface area contributed by atoms with Crippen molar-refractivity contribution in [1.82, 2.24) is 9.29 Å². The second-order valence-electron chi connectivity index (χ2n) is 5.93. The molecule has 0 amide bonds. The molecule has 1 aliphatic heterocycles. The van der Waals surface area contributed by atoms with Gasteiger partial charge in [-0.05, 0) is 24.3 Å². The summed E-state index contributed by atoms with van der Waals surface area (Å²) in [4.78, 5) is 3.67. The summed E-state index contributed by atoms with van der Waals surface area (Å²) in [5.74, 6) is -2.61. The lowest BCUT2D eigenvalue weighted by Crippen LogP contribution is -2.56. The number of alkyl halides is 3. The number of halogens is 5. The molecular formula is C16H13F5N2O3S. The number of hydrogen-bond acceptors (Lipinski definition) is 4. The van der Waals surface area contributed by atoms with Crippen molar-refractivity contribution in [2.45, 2.75) is 18.0 Å². The number of nitrogens with zero attached hydrogens (tertiary/aromatic N) is 2. The lowest BCUT2D eigenvalue weighted by atomic mass is 10.2. The van der Waals surface area contributed by atoms with Gasteiger partial charge in [-0.3, -0.25) is 0 Å². The number of aromatic nitrogens is 1. The molecule has 0 saturated carbocycles. The van der Waals surface area contributed by atoms with E-state index in [1.54, 1.807) is 0 Å². The van der Waals surface area contributed by atoms with Crippen LogP contribution in [0.3, 0.4) is 0 Å². The second-order valence-corrected chi connectivity index (χ2v) is 7.90. The summed E-state index contributed by atoms with van der Waals surface area (Å²) in [5.41, 5.74) is -1.24. The van der Waals surface area contributed by atoms with Crippen LogP contribution in [0, 0.1) is 11.6 Å². The van der Waals surface area contributed by atoms with Crippen LogP contribution in [0.4, 0.5) is 22.0 Å². The number of pyridine rings is 1. The van der Waals surface area contributed by atoms with E-state index in [9.17, 15) is 30.4 Å². The van der Waals surface area contributed by atoms with Crippen molar-refractivity contribution in [2.24, 2.45) is 0 Å².